The summed E-state index contributed by atoms with van der Waals surface area (Å²) >= 11 is 0. The van der Waals surface area contributed by atoms with E-state index in [1.807, 2.05) is 13.1 Å². The third-order valence-corrected chi connectivity index (χ3v) is 11.4. The van der Waals surface area contributed by atoms with Gasteiger partial charge in [0, 0.05) is 14.2 Å². The van der Waals surface area contributed by atoms with Gasteiger partial charge >= 0.3 is 27.1 Å². The van der Waals surface area contributed by atoms with Crippen LogP contribution in [0.1, 0.15) is 45.4 Å². The number of hydrogen-bond donors (Lipinski definition) is 0. The van der Waals surface area contributed by atoms with E-state index in [1.54, 1.807) is 14.2 Å². The van der Waals surface area contributed by atoms with Gasteiger partial charge in [-0.2, -0.15) is 39.5 Å². The number of fused-ring (bicyclic) bond motifs is 9. The molecule has 4 saturated carbocycles. The Balaban J connectivity index is 0.000000406. The van der Waals surface area contributed by atoms with Gasteiger partial charge in [-0.25, -0.2) is 0 Å². The molecule has 0 aromatic heterocycles. The maximum absolute atomic E-state index is 14.1. The van der Waals surface area contributed by atoms with E-state index >= 15 is 0 Å². The van der Waals surface area contributed by atoms with Crippen LogP contribution in [0.15, 0.2) is 0 Å². The normalized spacial score (nSPS) is 37.6. The fourth-order valence-electron chi connectivity index (χ4n) is 7.45. The molecule has 0 radical (unpaired) electrons. The van der Waals surface area contributed by atoms with Crippen LogP contribution in [0.5, 0.6) is 0 Å². The SMILES string of the molecule is CC(CC1(C(F)(F)F)CC2CC1C1C3CCC(C3)C21)(C(F)(F)F)C(F)(F)F.CO[Si](C)(C)OC. The van der Waals surface area contributed by atoms with Gasteiger partial charge in [0.25, 0.3) is 0 Å². The van der Waals surface area contributed by atoms with Crippen LogP contribution in [-0.2, 0) is 8.85 Å². The maximum Gasteiger partial charge on any atom is 0.402 e. The molecule has 4 bridgehead atoms. The minimum atomic E-state index is -5.79. The van der Waals surface area contributed by atoms with E-state index in [-0.39, 0.29) is 31.1 Å². The Morgan fingerprint density at radius 2 is 1.24 bits per heavy atom. The van der Waals surface area contributed by atoms with Crippen LogP contribution in [0.2, 0.25) is 13.1 Å². The molecule has 7 unspecified atom stereocenters. The molecule has 4 aliphatic rings. The summed E-state index contributed by atoms with van der Waals surface area (Å²) in [5.41, 5.74) is -7.27. The monoisotopic (exact) mass is 528 g/mol. The predicted molar refractivity (Wildman–Crippen MR) is 109 cm³/mol. The van der Waals surface area contributed by atoms with Gasteiger partial charge in [-0.3, -0.25) is 0 Å². The Morgan fingerprint density at radius 1 is 0.765 bits per heavy atom. The van der Waals surface area contributed by atoms with Gasteiger partial charge in [-0.05, 0) is 94.1 Å². The van der Waals surface area contributed by atoms with Crippen molar-refractivity contribution in [2.75, 3.05) is 14.2 Å². The lowest BCUT2D eigenvalue weighted by molar-refractivity contribution is -0.362. The van der Waals surface area contributed by atoms with E-state index in [2.05, 4.69) is 0 Å². The van der Waals surface area contributed by atoms with Crippen molar-refractivity contribution in [1.82, 2.24) is 0 Å². The van der Waals surface area contributed by atoms with Gasteiger partial charge in [0.05, 0.1) is 5.41 Å². The van der Waals surface area contributed by atoms with Crippen LogP contribution < -0.4 is 0 Å². The third kappa shape index (κ3) is 4.31. The van der Waals surface area contributed by atoms with Crippen molar-refractivity contribution in [2.24, 2.45) is 46.3 Å². The Labute approximate surface area is 195 Å². The van der Waals surface area contributed by atoms with E-state index in [1.165, 1.54) is 0 Å². The first-order valence-electron chi connectivity index (χ1n) is 11.5. The fraction of sp³-hybridized carbons (Fsp3) is 1.00. The molecule has 12 heteroatoms. The second kappa shape index (κ2) is 8.53. The van der Waals surface area contributed by atoms with Gasteiger partial charge < -0.3 is 8.85 Å². The highest BCUT2D eigenvalue weighted by molar-refractivity contribution is 6.64. The highest BCUT2D eigenvalue weighted by atomic mass is 28.4. The lowest BCUT2D eigenvalue weighted by atomic mass is 9.56. The molecule has 0 saturated heterocycles. The largest absolute Gasteiger partial charge is 0.402 e. The zero-order valence-corrected chi connectivity index (χ0v) is 20.9. The number of halogens is 9. The molecule has 34 heavy (non-hydrogen) atoms. The first-order valence-corrected chi connectivity index (χ1v) is 14.4. The second-order valence-electron chi connectivity index (χ2n) is 11.3. The molecule has 0 aromatic rings. The molecule has 4 fully saturated rings. The van der Waals surface area contributed by atoms with Gasteiger partial charge in [0.1, 0.15) is 0 Å². The van der Waals surface area contributed by atoms with Crippen molar-refractivity contribution in [3.63, 3.8) is 0 Å². The number of rotatable bonds is 4. The van der Waals surface area contributed by atoms with E-state index in [0.29, 0.717) is 5.92 Å². The Bertz CT molecular complexity index is 728. The summed E-state index contributed by atoms with van der Waals surface area (Å²) in [6.45, 7) is 3.88. The molecule has 0 N–H and O–H groups in total. The van der Waals surface area contributed by atoms with Crippen LogP contribution in [0.4, 0.5) is 39.5 Å². The van der Waals surface area contributed by atoms with Gasteiger partial charge in [0.2, 0.25) is 0 Å². The summed E-state index contributed by atoms with van der Waals surface area (Å²) in [6.07, 6.45) is -16.6. The van der Waals surface area contributed by atoms with Crippen LogP contribution in [-0.4, -0.2) is 41.3 Å². The van der Waals surface area contributed by atoms with Crippen molar-refractivity contribution in [2.45, 2.75) is 77.1 Å². The molecule has 4 aliphatic carbocycles. The standard InChI is InChI=1S/C18H21F9.C4H12O2Si/c1-14(16(19,20)21,17(22,23)24)7-15(18(25,26)27)6-10-5-11(15)13-9-3-2-8(4-9)12(10)13;1-5-7(3,4)6-2/h8-13H,2-7H2,1H3;1-4H3. The zero-order chi connectivity index (χ0) is 26.1. The Hall–Kier alpha value is -0.493. The van der Waals surface area contributed by atoms with Crippen molar-refractivity contribution >= 4 is 8.56 Å². The zero-order valence-electron chi connectivity index (χ0n) is 19.9. The summed E-state index contributed by atoms with van der Waals surface area (Å²) in [5, 5.41) is 0. The van der Waals surface area contributed by atoms with Crippen LogP contribution in [0.3, 0.4) is 0 Å². The van der Waals surface area contributed by atoms with E-state index in [9.17, 15) is 39.5 Å². The average molecular weight is 529 g/mol. The van der Waals surface area contributed by atoms with Crippen LogP contribution in [0.25, 0.3) is 0 Å². The summed E-state index contributed by atoms with van der Waals surface area (Å²) in [4.78, 5) is 0. The minimum absolute atomic E-state index is 0.0278. The summed E-state index contributed by atoms with van der Waals surface area (Å²) in [5.74, 6) is -1.49. The van der Waals surface area contributed by atoms with E-state index in [4.69, 9.17) is 8.85 Å². The quantitative estimate of drug-likeness (QED) is 0.211. The molecule has 200 valence electrons. The van der Waals surface area contributed by atoms with Crippen molar-refractivity contribution in [3.8, 4) is 0 Å². The van der Waals surface area contributed by atoms with E-state index in [0.717, 1.165) is 19.3 Å². The first-order chi connectivity index (χ1) is 15.2. The molecule has 0 aromatic carbocycles. The smallest absolute Gasteiger partial charge is 0.398 e. The van der Waals surface area contributed by atoms with E-state index < -0.39 is 62.6 Å². The summed E-state index contributed by atoms with van der Waals surface area (Å²) in [6, 6.07) is 0. The highest BCUT2D eigenvalue weighted by Crippen LogP contribution is 2.77. The van der Waals surface area contributed by atoms with Crippen molar-refractivity contribution in [3.05, 3.63) is 0 Å². The van der Waals surface area contributed by atoms with Crippen molar-refractivity contribution in [1.29, 1.82) is 0 Å². The topological polar surface area (TPSA) is 18.5 Å². The fourth-order valence-corrected chi connectivity index (χ4v) is 7.62. The van der Waals surface area contributed by atoms with Gasteiger partial charge in [-0.15, -0.1) is 0 Å². The van der Waals surface area contributed by atoms with Gasteiger partial charge in [-0.1, -0.05) is 0 Å². The molecule has 0 aliphatic heterocycles. The molecule has 0 amide bonds. The molecule has 4 rings (SSSR count). The van der Waals surface area contributed by atoms with Crippen LogP contribution in [0, 0.1) is 46.3 Å². The lowest BCUT2D eigenvalue weighted by Gasteiger charge is -2.50. The highest BCUT2D eigenvalue weighted by Gasteiger charge is 2.79. The van der Waals surface area contributed by atoms with Gasteiger partial charge in [0.15, 0.2) is 5.41 Å². The summed E-state index contributed by atoms with van der Waals surface area (Å²) in [7, 11) is 1.70. The molecular formula is C22H33F9O2Si. The average Bonchev–Trinajstić information content (AvgIpc) is 3.45. The predicted octanol–water partition coefficient (Wildman–Crippen LogP) is 7.74. The number of alkyl halides is 9. The second-order valence-corrected chi connectivity index (χ2v) is 14.9. The van der Waals surface area contributed by atoms with Crippen LogP contribution >= 0.6 is 0 Å². The minimum Gasteiger partial charge on any atom is -0.398 e. The first kappa shape index (κ1) is 28.1. The lowest BCUT2D eigenvalue weighted by Crippen LogP contribution is -2.57. The molecule has 0 spiro atoms. The molecule has 2 nitrogen and oxygen atoms in total. The Morgan fingerprint density at radius 3 is 1.62 bits per heavy atom. The number of hydrogen-bond acceptors (Lipinski definition) is 2. The molecule has 0 heterocycles. The Kier molecular flexibility index (Phi) is 7.05. The maximum atomic E-state index is 14.1. The molecular weight excluding hydrogens is 495 g/mol. The third-order valence-electron chi connectivity index (χ3n) is 9.42. The summed E-state index contributed by atoms with van der Waals surface area (Å²) < 4.78 is 133. The molecule has 7 atom stereocenters. The van der Waals surface area contributed by atoms with Crippen molar-refractivity contribution < 1.29 is 48.4 Å².